The van der Waals surface area contributed by atoms with Crippen LogP contribution in [0.15, 0.2) is 35.8 Å². The molecule has 1 atom stereocenters. The Balaban J connectivity index is 2.00. The highest BCUT2D eigenvalue weighted by atomic mass is 127. The largest absolute Gasteiger partial charge is 0.299 e. The molecule has 5 nitrogen and oxygen atoms in total. The average molecular weight is 388 g/mol. The minimum absolute atomic E-state index is 0.0859. The molecule has 2 aromatic rings. The van der Waals surface area contributed by atoms with E-state index in [1.165, 1.54) is 11.3 Å². The zero-order valence-electron chi connectivity index (χ0n) is 10.0. The third-order valence-electron chi connectivity index (χ3n) is 2.51. The van der Waals surface area contributed by atoms with Crippen LogP contribution in [0.2, 0.25) is 0 Å². The number of hydrogen-bond acceptors (Lipinski definition) is 5. The summed E-state index contributed by atoms with van der Waals surface area (Å²) in [7, 11) is 0. The normalized spacial score (nSPS) is 12.1. The van der Waals surface area contributed by atoms with Crippen molar-refractivity contribution in [3.8, 4) is 0 Å². The minimum Gasteiger partial charge on any atom is -0.299 e. The molecule has 1 aromatic carbocycles. The van der Waals surface area contributed by atoms with E-state index in [0.717, 1.165) is 5.56 Å². The van der Waals surface area contributed by atoms with Crippen molar-refractivity contribution in [2.75, 3.05) is 9.87 Å². The van der Waals surface area contributed by atoms with Crippen molar-refractivity contribution < 1.29 is 4.79 Å². The van der Waals surface area contributed by atoms with Crippen molar-refractivity contribution in [2.24, 2.45) is 0 Å². The quantitative estimate of drug-likeness (QED) is 0.452. The fraction of sp³-hybridized carbons (Fsp3) is 0.250. The van der Waals surface area contributed by atoms with Crippen LogP contribution in [-0.4, -0.2) is 26.7 Å². The van der Waals surface area contributed by atoms with Crippen molar-refractivity contribution in [1.82, 2.24) is 15.5 Å². The molecule has 1 amide bonds. The molecular formula is C12H13IN4OS. The molecule has 0 aliphatic rings. The Morgan fingerprint density at radius 3 is 2.79 bits per heavy atom. The topological polar surface area (TPSA) is 66.9 Å². The van der Waals surface area contributed by atoms with Gasteiger partial charge in [-0.3, -0.25) is 15.4 Å². The Morgan fingerprint density at radius 1 is 1.37 bits per heavy atom. The van der Waals surface area contributed by atoms with Gasteiger partial charge in [0.25, 0.3) is 0 Å². The molecule has 0 saturated heterocycles. The van der Waals surface area contributed by atoms with Crippen molar-refractivity contribution in [3.05, 3.63) is 41.4 Å². The van der Waals surface area contributed by atoms with E-state index in [2.05, 4.69) is 43.4 Å². The molecule has 2 rings (SSSR count). The highest BCUT2D eigenvalue weighted by Gasteiger charge is 2.18. The van der Waals surface area contributed by atoms with Gasteiger partial charge >= 0.3 is 0 Å². The van der Waals surface area contributed by atoms with Crippen LogP contribution >= 0.6 is 33.9 Å². The van der Waals surface area contributed by atoms with Crippen LogP contribution in [0.25, 0.3) is 0 Å². The molecule has 0 saturated carbocycles. The molecule has 0 radical (unpaired) electrons. The maximum atomic E-state index is 12.2. The van der Waals surface area contributed by atoms with Gasteiger partial charge in [0.1, 0.15) is 5.51 Å². The smallest absolute Gasteiger partial charge is 0.243 e. The number of carbonyl (C=O) groups is 1. The van der Waals surface area contributed by atoms with Gasteiger partial charge in [0.15, 0.2) is 0 Å². The molecule has 1 unspecified atom stereocenters. The lowest BCUT2D eigenvalue weighted by molar-refractivity contribution is -0.118. The molecule has 2 N–H and O–H groups in total. The van der Waals surface area contributed by atoms with Crippen molar-refractivity contribution in [2.45, 2.75) is 12.5 Å². The van der Waals surface area contributed by atoms with E-state index >= 15 is 0 Å². The monoisotopic (exact) mass is 388 g/mol. The van der Waals surface area contributed by atoms with E-state index in [9.17, 15) is 4.79 Å². The first-order valence-electron chi connectivity index (χ1n) is 5.70. The van der Waals surface area contributed by atoms with Crippen LogP contribution in [0.5, 0.6) is 0 Å². The van der Waals surface area contributed by atoms with E-state index in [-0.39, 0.29) is 11.9 Å². The molecule has 7 heteroatoms. The summed E-state index contributed by atoms with van der Waals surface area (Å²) in [5, 5.41) is 14.0. The summed E-state index contributed by atoms with van der Waals surface area (Å²) in [6.45, 7) is 0. The summed E-state index contributed by atoms with van der Waals surface area (Å²) >= 11 is 3.50. The SMILES string of the molecule is O=C(Nc1nncs1)C(Cc1ccccc1)NCI. The van der Waals surface area contributed by atoms with E-state index < -0.39 is 0 Å². The Morgan fingerprint density at radius 2 is 2.16 bits per heavy atom. The van der Waals surface area contributed by atoms with E-state index in [1.54, 1.807) is 5.51 Å². The number of hydrogen-bond donors (Lipinski definition) is 2. The zero-order valence-corrected chi connectivity index (χ0v) is 13.0. The number of alkyl halides is 1. The predicted octanol–water partition coefficient (Wildman–Crippen LogP) is 2.07. The molecule has 1 aromatic heterocycles. The lowest BCUT2D eigenvalue weighted by atomic mass is 10.1. The maximum Gasteiger partial charge on any atom is 0.243 e. The number of halogens is 1. The van der Waals surface area contributed by atoms with Crippen LogP contribution < -0.4 is 10.6 Å². The Kier molecular flexibility index (Phi) is 5.67. The minimum atomic E-state index is -0.275. The first-order valence-corrected chi connectivity index (χ1v) is 8.10. The second-order valence-electron chi connectivity index (χ2n) is 3.81. The van der Waals surface area contributed by atoms with Crippen LogP contribution in [0.3, 0.4) is 0 Å². The number of benzene rings is 1. The Bertz CT molecular complexity index is 506. The Hall–Kier alpha value is -1.06. The van der Waals surface area contributed by atoms with E-state index in [0.29, 0.717) is 16.1 Å². The van der Waals surface area contributed by atoms with Crippen molar-refractivity contribution >= 4 is 45.0 Å². The fourth-order valence-corrected chi connectivity index (χ4v) is 2.60. The second kappa shape index (κ2) is 7.51. The molecular weight excluding hydrogens is 375 g/mol. The van der Waals surface area contributed by atoms with Crippen molar-refractivity contribution in [1.29, 1.82) is 0 Å². The lowest BCUT2D eigenvalue weighted by Crippen LogP contribution is -2.41. The molecule has 100 valence electrons. The third kappa shape index (κ3) is 4.51. The Labute approximate surface area is 129 Å². The molecule has 19 heavy (non-hydrogen) atoms. The van der Waals surface area contributed by atoms with E-state index in [1.807, 2.05) is 30.3 Å². The van der Waals surface area contributed by atoms with Gasteiger partial charge in [-0.25, -0.2) is 0 Å². The number of aromatic nitrogens is 2. The fourth-order valence-electron chi connectivity index (χ4n) is 1.62. The maximum absolute atomic E-state index is 12.2. The van der Waals surface area contributed by atoms with Crippen molar-refractivity contribution in [3.63, 3.8) is 0 Å². The summed E-state index contributed by atoms with van der Waals surface area (Å²) in [5.74, 6) is -0.0859. The number of anilines is 1. The van der Waals surface area contributed by atoms with Crippen LogP contribution in [0, 0.1) is 0 Å². The summed E-state index contributed by atoms with van der Waals surface area (Å²) in [6, 6.07) is 9.66. The molecule has 0 aliphatic heterocycles. The lowest BCUT2D eigenvalue weighted by Gasteiger charge is -2.16. The standard InChI is InChI=1S/C12H13IN4OS/c13-7-14-10(6-9-4-2-1-3-5-9)11(18)16-12-17-15-8-19-12/h1-5,8,10,14H,6-7H2,(H,16,17,18). The average Bonchev–Trinajstić information content (AvgIpc) is 2.92. The van der Waals surface area contributed by atoms with Gasteiger partial charge in [0.05, 0.1) is 6.04 Å². The van der Waals surface area contributed by atoms with Crippen LogP contribution in [0.4, 0.5) is 5.13 Å². The summed E-state index contributed by atoms with van der Waals surface area (Å²) in [4.78, 5) is 12.2. The molecule has 1 heterocycles. The van der Waals surface area contributed by atoms with Gasteiger partial charge in [-0.05, 0) is 12.0 Å². The van der Waals surface area contributed by atoms with Crippen LogP contribution in [-0.2, 0) is 11.2 Å². The van der Waals surface area contributed by atoms with Crippen LogP contribution in [0.1, 0.15) is 5.56 Å². The third-order valence-corrected chi connectivity index (χ3v) is 3.56. The highest BCUT2D eigenvalue weighted by Crippen LogP contribution is 2.10. The first-order chi connectivity index (χ1) is 9.29. The van der Waals surface area contributed by atoms with Gasteiger partial charge in [-0.1, -0.05) is 64.3 Å². The first kappa shape index (κ1) is 14.4. The van der Waals surface area contributed by atoms with Gasteiger partial charge < -0.3 is 0 Å². The number of nitrogens with one attached hydrogen (secondary N) is 2. The molecule has 0 fully saturated rings. The number of rotatable bonds is 6. The number of nitrogens with zero attached hydrogens (tertiary/aromatic N) is 2. The molecule has 0 spiro atoms. The summed E-state index contributed by atoms with van der Waals surface area (Å²) in [6.07, 6.45) is 0.647. The van der Waals surface area contributed by atoms with Gasteiger partial charge in [-0.2, -0.15) is 0 Å². The predicted molar refractivity (Wildman–Crippen MR) is 84.5 cm³/mol. The highest BCUT2D eigenvalue weighted by molar-refractivity contribution is 14.1. The van der Waals surface area contributed by atoms with Gasteiger partial charge in [-0.15, -0.1) is 10.2 Å². The molecule has 0 aliphatic carbocycles. The second-order valence-corrected chi connectivity index (χ2v) is 5.41. The van der Waals surface area contributed by atoms with E-state index in [4.69, 9.17) is 0 Å². The summed E-state index contributed by atoms with van der Waals surface area (Å²) < 4.78 is 0.707. The van der Waals surface area contributed by atoms with Gasteiger partial charge in [0, 0.05) is 4.55 Å². The molecule has 0 bridgehead atoms. The van der Waals surface area contributed by atoms with Gasteiger partial charge in [0.2, 0.25) is 11.0 Å². The summed E-state index contributed by atoms with van der Waals surface area (Å²) in [5.41, 5.74) is 2.71. The zero-order chi connectivity index (χ0) is 13.5. The number of amides is 1. The number of carbonyl (C=O) groups excluding carboxylic acids is 1.